The van der Waals surface area contributed by atoms with Crippen LogP contribution in [0.4, 0.5) is 0 Å². The summed E-state index contributed by atoms with van der Waals surface area (Å²) in [6, 6.07) is 5.55. The molecule has 0 aliphatic heterocycles. The largest absolute Gasteiger partial charge is 0.394 e. The van der Waals surface area contributed by atoms with E-state index in [0.717, 1.165) is 10.0 Å². The summed E-state index contributed by atoms with van der Waals surface area (Å²) in [4.78, 5) is 11.8. The molecule has 0 spiro atoms. The number of benzene rings is 1. The fourth-order valence-electron chi connectivity index (χ4n) is 1.32. The lowest BCUT2D eigenvalue weighted by atomic mass is 10.1. The molecule has 1 aromatic rings. The minimum absolute atomic E-state index is 0.00260. The van der Waals surface area contributed by atoms with Crippen LogP contribution in [0.5, 0.6) is 0 Å². The smallest absolute Gasteiger partial charge is 0.252 e. The molecule has 1 amide bonds. The maximum atomic E-state index is 11.8. The van der Waals surface area contributed by atoms with E-state index in [0.29, 0.717) is 25.3 Å². The lowest BCUT2D eigenvalue weighted by Crippen LogP contribution is -2.28. The van der Waals surface area contributed by atoms with Gasteiger partial charge in [0.25, 0.3) is 5.91 Å². The van der Waals surface area contributed by atoms with E-state index in [1.165, 1.54) is 0 Å². The quantitative estimate of drug-likeness (QED) is 0.783. The third-order valence-electron chi connectivity index (χ3n) is 2.20. The van der Waals surface area contributed by atoms with Crippen LogP contribution in [0, 0.1) is 6.92 Å². The monoisotopic (exact) mass is 301 g/mol. The molecule has 1 rings (SSSR count). The number of rotatable bonds is 6. The van der Waals surface area contributed by atoms with Gasteiger partial charge in [0.15, 0.2) is 0 Å². The average Bonchev–Trinajstić information content (AvgIpc) is 2.32. The zero-order valence-electron chi connectivity index (χ0n) is 9.70. The number of hydrogen-bond donors (Lipinski definition) is 2. The molecule has 0 fully saturated rings. The number of nitrogens with one attached hydrogen (secondary N) is 1. The lowest BCUT2D eigenvalue weighted by Gasteiger charge is -2.08. The minimum atomic E-state index is -0.131. The molecule has 0 saturated heterocycles. The van der Waals surface area contributed by atoms with Crippen LogP contribution < -0.4 is 5.32 Å². The van der Waals surface area contributed by atoms with Crippen molar-refractivity contribution in [1.82, 2.24) is 5.32 Å². The van der Waals surface area contributed by atoms with Crippen molar-refractivity contribution in [2.45, 2.75) is 6.92 Å². The number of halogens is 1. The second-order valence-electron chi connectivity index (χ2n) is 3.53. The Bertz CT molecular complexity index is 382. The molecule has 0 aromatic heterocycles. The van der Waals surface area contributed by atoms with Crippen molar-refractivity contribution >= 4 is 21.8 Å². The van der Waals surface area contributed by atoms with Gasteiger partial charge in [-0.3, -0.25) is 4.79 Å². The van der Waals surface area contributed by atoms with E-state index in [2.05, 4.69) is 21.2 Å². The highest BCUT2D eigenvalue weighted by molar-refractivity contribution is 9.10. The van der Waals surface area contributed by atoms with Gasteiger partial charge in [-0.05, 0) is 34.5 Å². The molecule has 0 saturated carbocycles. The van der Waals surface area contributed by atoms with Crippen molar-refractivity contribution in [1.29, 1.82) is 0 Å². The van der Waals surface area contributed by atoms with Gasteiger partial charge in [0.2, 0.25) is 0 Å². The first kappa shape index (κ1) is 14.2. The van der Waals surface area contributed by atoms with Crippen LogP contribution in [-0.2, 0) is 4.74 Å². The van der Waals surface area contributed by atoms with Crippen molar-refractivity contribution in [3.8, 4) is 0 Å². The Kier molecular flexibility index (Phi) is 6.18. The van der Waals surface area contributed by atoms with Crippen LogP contribution in [0.1, 0.15) is 15.9 Å². The molecule has 5 heteroatoms. The highest BCUT2D eigenvalue weighted by atomic mass is 79.9. The first-order valence-corrected chi connectivity index (χ1v) is 6.18. The summed E-state index contributed by atoms with van der Waals surface area (Å²) in [6.07, 6.45) is 0. The molecule has 0 heterocycles. The van der Waals surface area contributed by atoms with E-state index < -0.39 is 0 Å². The SMILES string of the molecule is Cc1cccc(C(=O)NCCOCCO)c1Br. The van der Waals surface area contributed by atoms with Gasteiger partial charge >= 0.3 is 0 Å². The Morgan fingerprint density at radius 1 is 1.47 bits per heavy atom. The fraction of sp³-hybridized carbons (Fsp3) is 0.417. The maximum absolute atomic E-state index is 11.8. The normalized spacial score (nSPS) is 10.3. The highest BCUT2D eigenvalue weighted by Crippen LogP contribution is 2.20. The lowest BCUT2D eigenvalue weighted by molar-refractivity contribution is 0.0837. The number of carbonyl (C=O) groups excluding carboxylic acids is 1. The zero-order chi connectivity index (χ0) is 12.7. The van der Waals surface area contributed by atoms with E-state index in [-0.39, 0.29) is 12.5 Å². The van der Waals surface area contributed by atoms with Crippen LogP contribution in [0.3, 0.4) is 0 Å². The maximum Gasteiger partial charge on any atom is 0.252 e. The molecule has 0 bridgehead atoms. The first-order valence-electron chi connectivity index (χ1n) is 5.38. The highest BCUT2D eigenvalue weighted by Gasteiger charge is 2.10. The van der Waals surface area contributed by atoms with Crippen molar-refractivity contribution < 1.29 is 14.6 Å². The number of carbonyl (C=O) groups is 1. The molecule has 2 N–H and O–H groups in total. The summed E-state index contributed by atoms with van der Waals surface area (Å²) in [7, 11) is 0. The first-order chi connectivity index (χ1) is 8.16. The molecule has 4 nitrogen and oxygen atoms in total. The minimum Gasteiger partial charge on any atom is -0.394 e. The van der Waals surface area contributed by atoms with Gasteiger partial charge in [-0.25, -0.2) is 0 Å². The van der Waals surface area contributed by atoms with Gasteiger partial charge in [-0.2, -0.15) is 0 Å². The molecule has 17 heavy (non-hydrogen) atoms. The number of aryl methyl sites for hydroxylation is 1. The van der Waals surface area contributed by atoms with Gasteiger partial charge in [0.05, 0.1) is 25.4 Å². The van der Waals surface area contributed by atoms with E-state index in [9.17, 15) is 4.79 Å². The summed E-state index contributed by atoms with van der Waals surface area (Å²) in [6.45, 7) is 3.06. The Labute approximate surface area is 109 Å². The molecular formula is C12H16BrNO3. The van der Waals surface area contributed by atoms with Crippen LogP contribution in [-0.4, -0.2) is 37.4 Å². The molecule has 0 aliphatic rings. The number of aliphatic hydroxyl groups excluding tert-OH is 1. The molecule has 0 unspecified atom stereocenters. The molecular weight excluding hydrogens is 286 g/mol. The summed E-state index contributed by atoms with van der Waals surface area (Å²) in [5.41, 5.74) is 1.64. The standard InChI is InChI=1S/C12H16BrNO3/c1-9-3-2-4-10(11(9)13)12(16)14-5-7-17-8-6-15/h2-4,15H,5-8H2,1H3,(H,14,16). The van der Waals surface area contributed by atoms with Crippen molar-refractivity contribution in [3.05, 3.63) is 33.8 Å². The van der Waals surface area contributed by atoms with E-state index in [1.54, 1.807) is 6.07 Å². The van der Waals surface area contributed by atoms with Gasteiger partial charge in [-0.1, -0.05) is 12.1 Å². The van der Waals surface area contributed by atoms with Crippen molar-refractivity contribution in [2.24, 2.45) is 0 Å². The number of aliphatic hydroxyl groups is 1. The van der Waals surface area contributed by atoms with E-state index in [1.807, 2.05) is 19.1 Å². The Morgan fingerprint density at radius 2 is 2.24 bits per heavy atom. The van der Waals surface area contributed by atoms with E-state index >= 15 is 0 Å². The number of ether oxygens (including phenoxy) is 1. The van der Waals surface area contributed by atoms with Crippen LogP contribution >= 0.6 is 15.9 Å². The van der Waals surface area contributed by atoms with Crippen LogP contribution in [0.25, 0.3) is 0 Å². The van der Waals surface area contributed by atoms with Crippen molar-refractivity contribution in [3.63, 3.8) is 0 Å². The fourth-order valence-corrected chi connectivity index (χ4v) is 1.77. The third-order valence-corrected chi connectivity index (χ3v) is 3.26. The molecule has 94 valence electrons. The molecule has 1 aromatic carbocycles. The van der Waals surface area contributed by atoms with Crippen LogP contribution in [0.2, 0.25) is 0 Å². The van der Waals surface area contributed by atoms with Crippen LogP contribution in [0.15, 0.2) is 22.7 Å². The summed E-state index contributed by atoms with van der Waals surface area (Å²) >= 11 is 3.39. The number of amides is 1. The van der Waals surface area contributed by atoms with Gasteiger partial charge in [-0.15, -0.1) is 0 Å². The third kappa shape index (κ3) is 4.46. The predicted molar refractivity (Wildman–Crippen MR) is 69.1 cm³/mol. The average molecular weight is 302 g/mol. The number of hydrogen-bond acceptors (Lipinski definition) is 3. The Balaban J connectivity index is 2.44. The zero-order valence-corrected chi connectivity index (χ0v) is 11.3. The molecule has 0 radical (unpaired) electrons. The molecule has 0 atom stereocenters. The second kappa shape index (κ2) is 7.42. The Hall–Kier alpha value is -0.910. The predicted octanol–water partition coefficient (Wildman–Crippen LogP) is 1.50. The van der Waals surface area contributed by atoms with E-state index in [4.69, 9.17) is 9.84 Å². The Morgan fingerprint density at radius 3 is 2.94 bits per heavy atom. The summed E-state index contributed by atoms with van der Waals surface area (Å²) < 4.78 is 5.86. The van der Waals surface area contributed by atoms with Gasteiger partial charge < -0.3 is 15.2 Å². The summed E-state index contributed by atoms with van der Waals surface area (Å²) in [5.74, 6) is -0.131. The molecule has 0 aliphatic carbocycles. The summed E-state index contributed by atoms with van der Waals surface area (Å²) in [5, 5.41) is 11.3. The van der Waals surface area contributed by atoms with Gasteiger partial charge in [0.1, 0.15) is 0 Å². The van der Waals surface area contributed by atoms with Crippen molar-refractivity contribution in [2.75, 3.05) is 26.4 Å². The van der Waals surface area contributed by atoms with Gasteiger partial charge in [0, 0.05) is 11.0 Å². The topological polar surface area (TPSA) is 58.6 Å². The second-order valence-corrected chi connectivity index (χ2v) is 4.32.